The zero-order valence-corrected chi connectivity index (χ0v) is 17.4. The summed E-state index contributed by atoms with van der Waals surface area (Å²) in [5.74, 6) is 0. The molecule has 2 N–H and O–H groups in total. The van der Waals surface area contributed by atoms with Crippen LogP contribution in [0.5, 0.6) is 0 Å². The van der Waals surface area contributed by atoms with E-state index in [4.69, 9.17) is 0 Å². The van der Waals surface area contributed by atoms with Crippen LogP contribution in [0.2, 0.25) is 0 Å². The number of rotatable bonds is 3. The highest BCUT2D eigenvalue weighted by molar-refractivity contribution is 6.07. The van der Waals surface area contributed by atoms with Crippen LogP contribution in [0.15, 0.2) is 72.8 Å². The molecule has 2 aliphatic heterocycles. The minimum absolute atomic E-state index is 0.110. The van der Waals surface area contributed by atoms with E-state index in [1.165, 1.54) is 44.3 Å². The first-order valence-electron chi connectivity index (χ1n) is 10.9. The SMILES string of the molecule is CCN1c2cccc3cccc(c23)NC1C1Nc2cccc3cccc(c23)N1CC. The molecule has 4 aromatic carbocycles. The van der Waals surface area contributed by atoms with Crippen LogP contribution in [0.3, 0.4) is 0 Å². The number of hydrogen-bond acceptors (Lipinski definition) is 4. The second-order valence-corrected chi connectivity index (χ2v) is 8.11. The summed E-state index contributed by atoms with van der Waals surface area (Å²) in [6.45, 7) is 6.36. The molecule has 0 bridgehead atoms. The number of anilines is 4. The van der Waals surface area contributed by atoms with Crippen molar-refractivity contribution < 1.29 is 0 Å². The molecule has 2 heterocycles. The molecule has 0 aliphatic carbocycles. The maximum absolute atomic E-state index is 3.88. The Morgan fingerprint density at radius 2 is 1.00 bits per heavy atom. The maximum Gasteiger partial charge on any atom is 0.139 e. The summed E-state index contributed by atoms with van der Waals surface area (Å²) in [5.41, 5.74) is 5.05. The predicted molar refractivity (Wildman–Crippen MR) is 129 cm³/mol. The minimum atomic E-state index is 0.110. The quantitative estimate of drug-likeness (QED) is 0.456. The van der Waals surface area contributed by atoms with Gasteiger partial charge in [-0.1, -0.05) is 48.5 Å². The van der Waals surface area contributed by atoms with Crippen LogP contribution in [0.25, 0.3) is 21.5 Å². The molecule has 0 amide bonds. The lowest BCUT2D eigenvalue weighted by molar-refractivity contribution is 0.530. The molecule has 0 saturated carbocycles. The van der Waals surface area contributed by atoms with Crippen LogP contribution in [-0.4, -0.2) is 25.4 Å². The Morgan fingerprint density at radius 3 is 1.40 bits per heavy atom. The lowest BCUT2D eigenvalue weighted by Gasteiger charge is -2.49. The Morgan fingerprint density at radius 1 is 0.600 bits per heavy atom. The van der Waals surface area contributed by atoms with Crippen molar-refractivity contribution in [3.63, 3.8) is 0 Å². The van der Waals surface area contributed by atoms with Crippen molar-refractivity contribution >= 4 is 44.3 Å². The third-order valence-corrected chi connectivity index (χ3v) is 6.64. The molecule has 6 rings (SSSR count). The molecule has 150 valence electrons. The normalized spacial score (nSPS) is 19.7. The van der Waals surface area contributed by atoms with Gasteiger partial charge in [0.25, 0.3) is 0 Å². The number of likely N-dealkylation sites (N-methyl/N-ethyl adjacent to an activating group) is 2. The first kappa shape index (κ1) is 17.5. The van der Waals surface area contributed by atoms with Gasteiger partial charge in [-0.05, 0) is 48.9 Å². The van der Waals surface area contributed by atoms with Crippen LogP contribution in [0, 0.1) is 0 Å². The summed E-state index contributed by atoms with van der Waals surface area (Å²) in [6.07, 6.45) is 0.220. The molecule has 0 radical (unpaired) electrons. The fourth-order valence-electron chi connectivity index (χ4n) is 5.37. The topological polar surface area (TPSA) is 30.5 Å². The monoisotopic (exact) mass is 394 g/mol. The largest absolute Gasteiger partial charge is 0.361 e. The van der Waals surface area contributed by atoms with Gasteiger partial charge in [-0.25, -0.2) is 0 Å². The first-order chi connectivity index (χ1) is 14.8. The first-order valence-corrected chi connectivity index (χ1v) is 10.9. The highest BCUT2D eigenvalue weighted by Gasteiger charge is 2.38. The summed E-state index contributed by atoms with van der Waals surface area (Å²) in [7, 11) is 0. The molecule has 0 fully saturated rings. The van der Waals surface area contributed by atoms with E-state index in [1.54, 1.807) is 0 Å². The zero-order valence-electron chi connectivity index (χ0n) is 17.4. The van der Waals surface area contributed by atoms with Crippen molar-refractivity contribution in [2.24, 2.45) is 0 Å². The standard InChI is InChI=1S/C26H26N4/c1-3-29-21-15-7-11-17-9-5-13-19(23(17)21)27-25(29)26-28-20-14-6-10-18-12-8-16-22(24(18)20)30(26)4-2/h5-16,25-28H,3-4H2,1-2H3. The van der Waals surface area contributed by atoms with Crippen LogP contribution in [-0.2, 0) is 0 Å². The Labute approximate surface area is 177 Å². The van der Waals surface area contributed by atoms with Crippen molar-refractivity contribution in [2.75, 3.05) is 33.5 Å². The van der Waals surface area contributed by atoms with Gasteiger partial charge in [-0.3, -0.25) is 0 Å². The second-order valence-electron chi connectivity index (χ2n) is 8.11. The van der Waals surface area contributed by atoms with Gasteiger partial charge in [0.05, 0.1) is 0 Å². The van der Waals surface area contributed by atoms with E-state index in [1.807, 2.05) is 0 Å². The average Bonchev–Trinajstić information content (AvgIpc) is 2.79. The van der Waals surface area contributed by atoms with Crippen LogP contribution in [0.1, 0.15) is 13.8 Å². The van der Waals surface area contributed by atoms with Gasteiger partial charge in [-0.15, -0.1) is 0 Å². The third kappa shape index (κ3) is 2.34. The molecule has 4 nitrogen and oxygen atoms in total. The molecular weight excluding hydrogens is 368 g/mol. The van der Waals surface area contributed by atoms with E-state index in [9.17, 15) is 0 Å². The summed E-state index contributed by atoms with van der Waals surface area (Å²) in [4.78, 5) is 5.01. The molecule has 0 aromatic heterocycles. The lowest BCUT2D eigenvalue weighted by Crippen LogP contribution is -2.61. The minimum Gasteiger partial charge on any atom is -0.361 e. The zero-order chi connectivity index (χ0) is 20.2. The predicted octanol–water partition coefficient (Wildman–Crippen LogP) is 5.85. The molecular formula is C26H26N4. The van der Waals surface area contributed by atoms with Crippen molar-refractivity contribution in [1.82, 2.24) is 0 Å². The summed E-state index contributed by atoms with van der Waals surface area (Å²) in [6, 6.07) is 26.4. The van der Waals surface area contributed by atoms with E-state index in [2.05, 4.69) is 107 Å². The molecule has 2 atom stereocenters. The Kier molecular flexibility index (Phi) is 3.82. The Bertz CT molecular complexity index is 1150. The fraction of sp³-hybridized carbons (Fsp3) is 0.231. The van der Waals surface area contributed by atoms with Crippen LogP contribution >= 0.6 is 0 Å². The van der Waals surface area contributed by atoms with E-state index < -0.39 is 0 Å². The van der Waals surface area contributed by atoms with E-state index >= 15 is 0 Å². The van der Waals surface area contributed by atoms with Crippen molar-refractivity contribution in [3.05, 3.63) is 72.8 Å². The van der Waals surface area contributed by atoms with Gasteiger partial charge in [-0.2, -0.15) is 0 Å². The van der Waals surface area contributed by atoms with Crippen molar-refractivity contribution in [1.29, 1.82) is 0 Å². The fourth-order valence-corrected chi connectivity index (χ4v) is 5.37. The molecule has 4 aromatic rings. The highest BCUT2D eigenvalue weighted by Crippen LogP contribution is 2.43. The summed E-state index contributed by atoms with van der Waals surface area (Å²) in [5, 5.41) is 13.0. The van der Waals surface area contributed by atoms with Crippen molar-refractivity contribution in [2.45, 2.75) is 26.2 Å². The molecule has 0 saturated heterocycles. The van der Waals surface area contributed by atoms with Gasteiger partial charge in [0.1, 0.15) is 12.3 Å². The van der Waals surface area contributed by atoms with E-state index in [0.717, 1.165) is 13.1 Å². The molecule has 0 spiro atoms. The molecule has 30 heavy (non-hydrogen) atoms. The smallest absolute Gasteiger partial charge is 0.139 e. The molecule has 4 heteroatoms. The second kappa shape index (κ2) is 6.56. The number of nitrogens with one attached hydrogen (secondary N) is 2. The third-order valence-electron chi connectivity index (χ3n) is 6.64. The highest BCUT2D eigenvalue weighted by atomic mass is 15.4. The molecule has 2 unspecified atom stereocenters. The molecule has 2 aliphatic rings. The van der Waals surface area contributed by atoms with E-state index in [0.29, 0.717) is 0 Å². The van der Waals surface area contributed by atoms with Gasteiger partial charge in [0.15, 0.2) is 0 Å². The van der Waals surface area contributed by atoms with Crippen LogP contribution < -0.4 is 20.4 Å². The average molecular weight is 395 g/mol. The van der Waals surface area contributed by atoms with Crippen molar-refractivity contribution in [3.8, 4) is 0 Å². The Balaban J connectivity index is 1.50. The number of nitrogens with zero attached hydrogens (tertiary/aromatic N) is 2. The maximum atomic E-state index is 3.88. The van der Waals surface area contributed by atoms with Gasteiger partial charge in [0.2, 0.25) is 0 Å². The summed E-state index contributed by atoms with van der Waals surface area (Å²) < 4.78 is 0. The van der Waals surface area contributed by atoms with Gasteiger partial charge >= 0.3 is 0 Å². The van der Waals surface area contributed by atoms with Gasteiger partial charge in [0, 0.05) is 46.6 Å². The van der Waals surface area contributed by atoms with Crippen LogP contribution in [0.4, 0.5) is 22.7 Å². The van der Waals surface area contributed by atoms with Gasteiger partial charge < -0.3 is 20.4 Å². The lowest BCUT2D eigenvalue weighted by atomic mass is 9.99. The Hall–Kier alpha value is -3.40. The van der Waals surface area contributed by atoms with E-state index in [-0.39, 0.29) is 12.3 Å². The number of benzene rings is 4. The number of hydrogen-bond donors (Lipinski definition) is 2. The summed E-state index contributed by atoms with van der Waals surface area (Å²) >= 11 is 0.